The van der Waals surface area contributed by atoms with Crippen LogP contribution in [0.1, 0.15) is 22.3 Å². The first-order valence-electron chi connectivity index (χ1n) is 7.71. The Bertz CT molecular complexity index is 856. The molecule has 2 rings (SSSR count). The lowest BCUT2D eigenvalue weighted by Gasteiger charge is -2.17. The van der Waals surface area contributed by atoms with E-state index in [2.05, 4.69) is 5.32 Å². The van der Waals surface area contributed by atoms with Gasteiger partial charge < -0.3 is 15.8 Å². The van der Waals surface area contributed by atoms with E-state index < -0.39 is 30.2 Å². The molecule has 0 spiro atoms. The largest absolute Gasteiger partial charge is 0.459 e. The second kappa shape index (κ2) is 9.60. The fourth-order valence-electron chi connectivity index (χ4n) is 2.13. The van der Waals surface area contributed by atoms with E-state index in [9.17, 15) is 14.4 Å². The summed E-state index contributed by atoms with van der Waals surface area (Å²) in [6.07, 6.45) is -0.410. The summed E-state index contributed by atoms with van der Waals surface area (Å²) in [7, 11) is 0. The van der Waals surface area contributed by atoms with Gasteiger partial charge in [-0.05, 0) is 36.4 Å². The number of amides is 2. The zero-order valence-corrected chi connectivity index (χ0v) is 16.1. The van der Waals surface area contributed by atoms with Crippen molar-refractivity contribution in [1.29, 1.82) is 0 Å². The zero-order chi connectivity index (χ0) is 20.0. The molecule has 0 aliphatic heterocycles. The van der Waals surface area contributed by atoms with Gasteiger partial charge in [-0.15, -0.1) is 0 Å². The average molecular weight is 430 g/mol. The van der Waals surface area contributed by atoms with Gasteiger partial charge in [-0.1, -0.05) is 40.9 Å². The van der Waals surface area contributed by atoms with Crippen molar-refractivity contribution in [2.45, 2.75) is 19.1 Å². The average Bonchev–Trinajstić information content (AvgIpc) is 2.60. The van der Waals surface area contributed by atoms with Crippen molar-refractivity contribution in [2.24, 2.45) is 5.73 Å². The van der Waals surface area contributed by atoms with Crippen LogP contribution < -0.4 is 11.1 Å². The first-order valence-corrected chi connectivity index (χ1v) is 8.85. The van der Waals surface area contributed by atoms with Crippen LogP contribution in [-0.4, -0.2) is 23.8 Å². The summed E-state index contributed by atoms with van der Waals surface area (Å²) >= 11 is 17.6. The molecule has 1 atom stereocenters. The smallest absolute Gasteiger partial charge is 0.329 e. The number of rotatable bonds is 7. The van der Waals surface area contributed by atoms with E-state index in [1.165, 1.54) is 30.3 Å². The minimum absolute atomic E-state index is 0.152. The highest BCUT2D eigenvalue weighted by molar-refractivity contribution is 6.35. The van der Waals surface area contributed by atoms with Gasteiger partial charge in [0, 0.05) is 26.2 Å². The Labute approximate surface area is 170 Å². The third-order valence-electron chi connectivity index (χ3n) is 3.49. The molecule has 0 aliphatic rings. The highest BCUT2D eigenvalue weighted by Crippen LogP contribution is 2.21. The Balaban J connectivity index is 2.05. The molecule has 2 aromatic rings. The van der Waals surface area contributed by atoms with Gasteiger partial charge in [0.1, 0.15) is 12.6 Å². The number of carbonyl (C=O) groups is 3. The minimum Gasteiger partial charge on any atom is -0.459 e. The monoisotopic (exact) mass is 428 g/mol. The Morgan fingerprint density at radius 3 is 2.22 bits per heavy atom. The maximum absolute atomic E-state index is 12.3. The molecular weight excluding hydrogens is 415 g/mol. The Morgan fingerprint density at radius 1 is 1.00 bits per heavy atom. The molecule has 1 unspecified atom stereocenters. The fourth-order valence-corrected chi connectivity index (χ4v) is 2.71. The summed E-state index contributed by atoms with van der Waals surface area (Å²) in [5.74, 6) is -2.15. The molecule has 0 bridgehead atoms. The van der Waals surface area contributed by atoms with Gasteiger partial charge in [-0.3, -0.25) is 9.59 Å². The van der Waals surface area contributed by atoms with Crippen molar-refractivity contribution in [3.05, 3.63) is 68.7 Å². The van der Waals surface area contributed by atoms with Gasteiger partial charge in [-0.25, -0.2) is 4.79 Å². The summed E-state index contributed by atoms with van der Waals surface area (Å²) in [6, 6.07) is 9.50. The van der Waals surface area contributed by atoms with Crippen LogP contribution in [0.15, 0.2) is 42.5 Å². The molecular formula is C18H15Cl3N2O4. The van der Waals surface area contributed by atoms with Crippen LogP contribution in [0.3, 0.4) is 0 Å². The van der Waals surface area contributed by atoms with Crippen LogP contribution in [0.4, 0.5) is 0 Å². The maximum atomic E-state index is 12.3. The van der Waals surface area contributed by atoms with Gasteiger partial charge >= 0.3 is 5.97 Å². The highest BCUT2D eigenvalue weighted by atomic mass is 35.5. The van der Waals surface area contributed by atoms with Crippen molar-refractivity contribution in [1.82, 2.24) is 5.32 Å². The Kier molecular flexibility index (Phi) is 7.47. The molecule has 0 heterocycles. The Morgan fingerprint density at radius 2 is 1.63 bits per heavy atom. The standard InChI is InChI=1S/C18H15Cl3N2O4/c19-12-4-1-10(2-5-12)17(25)23-15(8-16(22)24)18(26)27-9-11-3-6-13(20)7-14(11)21/h1-7,15H,8-9H2,(H2,22,24)(H,23,25). The lowest BCUT2D eigenvalue weighted by atomic mass is 10.1. The second-order valence-electron chi connectivity index (χ2n) is 5.55. The minimum atomic E-state index is -1.24. The van der Waals surface area contributed by atoms with E-state index >= 15 is 0 Å². The molecule has 2 amide bonds. The lowest BCUT2D eigenvalue weighted by molar-refractivity contribution is -0.148. The van der Waals surface area contributed by atoms with Crippen LogP contribution in [0.5, 0.6) is 0 Å². The van der Waals surface area contributed by atoms with Crippen molar-refractivity contribution in [3.8, 4) is 0 Å². The second-order valence-corrected chi connectivity index (χ2v) is 6.83. The molecule has 6 nitrogen and oxygen atoms in total. The quantitative estimate of drug-likeness (QED) is 0.659. The van der Waals surface area contributed by atoms with Crippen LogP contribution >= 0.6 is 34.8 Å². The van der Waals surface area contributed by atoms with E-state index in [4.69, 9.17) is 45.3 Å². The topological polar surface area (TPSA) is 98.5 Å². The number of hydrogen-bond acceptors (Lipinski definition) is 4. The van der Waals surface area contributed by atoms with Crippen molar-refractivity contribution in [2.75, 3.05) is 0 Å². The van der Waals surface area contributed by atoms with Crippen molar-refractivity contribution < 1.29 is 19.1 Å². The van der Waals surface area contributed by atoms with Crippen molar-refractivity contribution in [3.63, 3.8) is 0 Å². The van der Waals surface area contributed by atoms with Crippen LogP contribution in [0, 0.1) is 0 Å². The van der Waals surface area contributed by atoms with E-state index in [1.807, 2.05) is 0 Å². The Hall–Kier alpha value is -2.28. The molecule has 0 fully saturated rings. The maximum Gasteiger partial charge on any atom is 0.329 e. The first-order chi connectivity index (χ1) is 12.8. The summed E-state index contributed by atoms with van der Waals surface area (Å²) in [5.41, 5.74) is 5.95. The molecule has 9 heteroatoms. The highest BCUT2D eigenvalue weighted by Gasteiger charge is 2.25. The van der Waals surface area contributed by atoms with E-state index in [1.54, 1.807) is 12.1 Å². The van der Waals surface area contributed by atoms with Gasteiger partial charge in [0.05, 0.1) is 6.42 Å². The SMILES string of the molecule is NC(=O)CC(NC(=O)c1ccc(Cl)cc1)C(=O)OCc1ccc(Cl)cc1Cl. The number of primary amides is 1. The van der Waals surface area contributed by atoms with Gasteiger partial charge in [-0.2, -0.15) is 0 Å². The van der Waals surface area contributed by atoms with E-state index in [0.717, 1.165) is 0 Å². The molecule has 0 saturated heterocycles. The summed E-state index contributed by atoms with van der Waals surface area (Å²) in [6.45, 7) is -0.152. The summed E-state index contributed by atoms with van der Waals surface area (Å²) in [4.78, 5) is 35.8. The number of ether oxygens (including phenoxy) is 1. The van der Waals surface area contributed by atoms with Crippen LogP contribution in [0.2, 0.25) is 15.1 Å². The predicted octanol–water partition coefficient (Wildman–Crippen LogP) is 3.36. The molecule has 2 aromatic carbocycles. The molecule has 27 heavy (non-hydrogen) atoms. The van der Waals surface area contributed by atoms with E-state index in [-0.39, 0.29) is 12.2 Å². The normalized spacial score (nSPS) is 11.5. The third-order valence-corrected chi connectivity index (χ3v) is 4.33. The number of nitrogens with one attached hydrogen (secondary N) is 1. The van der Waals surface area contributed by atoms with Crippen LogP contribution in [0.25, 0.3) is 0 Å². The summed E-state index contributed by atoms with van der Waals surface area (Å²) < 4.78 is 5.16. The van der Waals surface area contributed by atoms with Crippen LogP contribution in [-0.2, 0) is 20.9 Å². The third kappa shape index (κ3) is 6.43. The number of halogens is 3. The predicted molar refractivity (Wildman–Crippen MR) is 103 cm³/mol. The first kappa shape index (κ1) is 21.0. The number of nitrogens with two attached hydrogens (primary N) is 1. The number of benzene rings is 2. The zero-order valence-electron chi connectivity index (χ0n) is 13.9. The van der Waals surface area contributed by atoms with Crippen molar-refractivity contribution >= 4 is 52.6 Å². The fraction of sp³-hybridized carbons (Fsp3) is 0.167. The van der Waals surface area contributed by atoms with Gasteiger partial charge in [0.25, 0.3) is 5.91 Å². The molecule has 142 valence electrons. The lowest BCUT2D eigenvalue weighted by Crippen LogP contribution is -2.44. The number of carbonyl (C=O) groups excluding carboxylic acids is 3. The molecule has 0 saturated carbocycles. The number of esters is 1. The molecule has 0 aliphatic carbocycles. The van der Waals surface area contributed by atoms with E-state index in [0.29, 0.717) is 20.6 Å². The van der Waals surface area contributed by atoms with Gasteiger partial charge in [0.2, 0.25) is 5.91 Å². The molecule has 3 N–H and O–H groups in total. The summed E-state index contributed by atoms with van der Waals surface area (Å²) in [5, 5.41) is 3.66. The molecule has 0 radical (unpaired) electrons. The van der Waals surface area contributed by atoms with Gasteiger partial charge in [0.15, 0.2) is 0 Å². The molecule has 0 aromatic heterocycles. The number of hydrogen-bond donors (Lipinski definition) is 2.